The molecule has 0 fully saturated rings. The number of halogens is 4. The fourth-order valence-electron chi connectivity index (χ4n) is 3.01. The largest absolute Gasteiger partial charge is 0.325 e. The van der Waals surface area contributed by atoms with Crippen molar-refractivity contribution in [2.45, 2.75) is 0 Å². The topological polar surface area (TPSA) is 27.6 Å². The van der Waals surface area contributed by atoms with Crippen LogP contribution in [0.3, 0.4) is 0 Å². The third-order valence-electron chi connectivity index (χ3n) is 4.54. The highest BCUT2D eigenvalue weighted by Crippen LogP contribution is 2.30. The SMILES string of the molecule is Brc1ccc(N=C(Nc2ccc(Br)cc2)N(c2ccc(Br)cc2)c2ccc(Br)cc2)cc1. The number of nitrogens with zero attached hydrogens (tertiary/aromatic N) is 2. The maximum absolute atomic E-state index is 4.99. The van der Waals surface area contributed by atoms with E-state index in [2.05, 4.69) is 98.2 Å². The van der Waals surface area contributed by atoms with Gasteiger partial charge in [0.1, 0.15) is 0 Å². The van der Waals surface area contributed by atoms with Crippen LogP contribution in [0.1, 0.15) is 0 Å². The van der Waals surface area contributed by atoms with Gasteiger partial charge < -0.3 is 5.32 Å². The van der Waals surface area contributed by atoms with Gasteiger partial charge in [0.05, 0.1) is 5.69 Å². The Labute approximate surface area is 221 Å². The lowest BCUT2D eigenvalue weighted by molar-refractivity contribution is 1.29. The van der Waals surface area contributed by atoms with Gasteiger partial charge in [-0.1, -0.05) is 63.7 Å². The van der Waals surface area contributed by atoms with Gasteiger partial charge in [-0.15, -0.1) is 0 Å². The zero-order valence-corrected chi connectivity index (χ0v) is 23.0. The minimum absolute atomic E-state index is 0.680. The molecular weight excluding hydrogens is 662 g/mol. The normalized spacial score (nSPS) is 11.3. The quantitative estimate of drug-likeness (QED) is 0.172. The fraction of sp³-hybridized carbons (Fsp3) is 0. The highest BCUT2D eigenvalue weighted by molar-refractivity contribution is 9.11. The minimum atomic E-state index is 0.680. The summed E-state index contributed by atoms with van der Waals surface area (Å²) in [4.78, 5) is 7.09. The van der Waals surface area contributed by atoms with Crippen molar-refractivity contribution in [2.75, 3.05) is 10.2 Å². The molecule has 160 valence electrons. The molecule has 0 unspecified atom stereocenters. The van der Waals surface area contributed by atoms with Gasteiger partial charge in [-0.3, -0.25) is 4.90 Å². The molecule has 7 heteroatoms. The molecule has 0 heterocycles. The summed E-state index contributed by atoms with van der Waals surface area (Å²) in [6, 6.07) is 32.3. The Bertz CT molecular complexity index is 1160. The number of anilines is 3. The molecule has 0 saturated heterocycles. The molecular formula is C25H17Br4N3. The van der Waals surface area contributed by atoms with E-state index in [0.29, 0.717) is 5.96 Å². The van der Waals surface area contributed by atoms with Gasteiger partial charge >= 0.3 is 0 Å². The number of benzene rings is 4. The van der Waals surface area contributed by atoms with E-state index in [1.54, 1.807) is 0 Å². The molecule has 4 aromatic rings. The first kappa shape index (κ1) is 23.2. The van der Waals surface area contributed by atoms with E-state index in [9.17, 15) is 0 Å². The number of rotatable bonds is 4. The van der Waals surface area contributed by atoms with Crippen LogP contribution in [0.15, 0.2) is 120 Å². The molecule has 0 bridgehead atoms. The highest BCUT2D eigenvalue weighted by Gasteiger charge is 2.17. The van der Waals surface area contributed by atoms with Crippen LogP contribution >= 0.6 is 63.7 Å². The van der Waals surface area contributed by atoms with Gasteiger partial charge in [0.2, 0.25) is 5.96 Å². The van der Waals surface area contributed by atoms with Crippen molar-refractivity contribution in [1.29, 1.82) is 0 Å². The van der Waals surface area contributed by atoms with E-state index in [1.165, 1.54) is 0 Å². The summed E-state index contributed by atoms with van der Waals surface area (Å²) in [5.41, 5.74) is 3.74. The van der Waals surface area contributed by atoms with Crippen LogP contribution in [0.4, 0.5) is 22.7 Å². The summed E-state index contributed by atoms with van der Waals surface area (Å²) in [5, 5.41) is 3.52. The van der Waals surface area contributed by atoms with Crippen LogP contribution in [0.2, 0.25) is 0 Å². The molecule has 0 radical (unpaired) electrons. The maximum atomic E-state index is 4.99. The summed E-state index contributed by atoms with van der Waals surface area (Å²) in [5.74, 6) is 0.680. The highest BCUT2D eigenvalue weighted by atomic mass is 79.9. The van der Waals surface area contributed by atoms with E-state index >= 15 is 0 Å². The third-order valence-corrected chi connectivity index (χ3v) is 6.66. The number of guanidine groups is 1. The standard InChI is InChI=1S/C25H17Br4N3/c26-17-1-9-21(10-2-17)30-25(31-22-11-3-18(27)4-12-22)32(23-13-5-19(28)6-14-23)24-15-7-20(29)8-16-24/h1-16H,(H,30,31). The Hall–Kier alpha value is -1.93. The second kappa shape index (κ2) is 10.8. The summed E-state index contributed by atoms with van der Waals surface area (Å²) >= 11 is 14.1. The molecule has 32 heavy (non-hydrogen) atoms. The van der Waals surface area contributed by atoms with Crippen LogP contribution in [0, 0.1) is 0 Å². The minimum Gasteiger partial charge on any atom is -0.325 e. The molecule has 0 aliphatic carbocycles. The van der Waals surface area contributed by atoms with Crippen LogP contribution < -0.4 is 10.2 Å². The molecule has 4 rings (SSSR count). The maximum Gasteiger partial charge on any atom is 0.212 e. The van der Waals surface area contributed by atoms with E-state index in [1.807, 2.05) is 72.8 Å². The lowest BCUT2D eigenvalue weighted by Gasteiger charge is -2.27. The molecule has 1 N–H and O–H groups in total. The van der Waals surface area contributed by atoms with Crippen LogP contribution in [0.5, 0.6) is 0 Å². The van der Waals surface area contributed by atoms with Crippen molar-refractivity contribution < 1.29 is 0 Å². The van der Waals surface area contributed by atoms with Gasteiger partial charge in [0.25, 0.3) is 0 Å². The first-order valence-corrected chi connectivity index (χ1v) is 12.8. The molecule has 0 aliphatic heterocycles. The Balaban J connectivity index is 1.86. The van der Waals surface area contributed by atoms with Crippen LogP contribution in [-0.4, -0.2) is 5.96 Å². The first-order chi connectivity index (χ1) is 15.5. The first-order valence-electron chi connectivity index (χ1n) is 9.66. The second-order valence-corrected chi connectivity index (χ2v) is 10.5. The Morgan fingerprint density at radius 3 is 1.34 bits per heavy atom. The van der Waals surface area contributed by atoms with Crippen LogP contribution in [0.25, 0.3) is 0 Å². The molecule has 0 aliphatic rings. The van der Waals surface area contributed by atoms with E-state index in [0.717, 1.165) is 40.6 Å². The fourth-order valence-corrected chi connectivity index (χ4v) is 4.07. The zero-order valence-electron chi connectivity index (χ0n) is 16.6. The predicted molar refractivity (Wildman–Crippen MR) is 149 cm³/mol. The molecule has 0 atom stereocenters. The molecule has 3 nitrogen and oxygen atoms in total. The molecule has 0 amide bonds. The molecule has 0 saturated carbocycles. The van der Waals surface area contributed by atoms with Gasteiger partial charge in [-0.25, -0.2) is 4.99 Å². The molecule has 4 aromatic carbocycles. The van der Waals surface area contributed by atoms with E-state index < -0.39 is 0 Å². The van der Waals surface area contributed by atoms with Gasteiger partial charge in [0, 0.05) is 35.0 Å². The lowest BCUT2D eigenvalue weighted by Crippen LogP contribution is -2.32. The summed E-state index contributed by atoms with van der Waals surface area (Å²) in [7, 11) is 0. The van der Waals surface area contributed by atoms with Crippen molar-refractivity contribution >= 4 is 92.4 Å². The van der Waals surface area contributed by atoms with Crippen molar-refractivity contribution in [3.05, 3.63) is 115 Å². The average molecular weight is 679 g/mol. The monoisotopic (exact) mass is 675 g/mol. The number of hydrogen-bond donors (Lipinski definition) is 1. The zero-order chi connectivity index (χ0) is 22.5. The predicted octanol–water partition coefficient (Wildman–Crippen LogP) is 9.67. The molecule has 0 spiro atoms. The molecule has 0 aromatic heterocycles. The number of hydrogen-bond acceptors (Lipinski definition) is 1. The van der Waals surface area contributed by atoms with Crippen molar-refractivity contribution in [3.8, 4) is 0 Å². The van der Waals surface area contributed by atoms with Gasteiger partial charge in [-0.05, 0) is 97.1 Å². The summed E-state index contributed by atoms with van der Waals surface area (Å²) < 4.78 is 4.07. The van der Waals surface area contributed by atoms with Gasteiger partial charge in [-0.2, -0.15) is 0 Å². The Morgan fingerprint density at radius 2 is 0.906 bits per heavy atom. The van der Waals surface area contributed by atoms with Crippen molar-refractivity contribution in [2.24, 2.45) is 4.99 Å². The van der Waals surface area contributed by atoms with Crippen LogP contribution in [-0.2, 0) is 0 Å². The van der Waals surface area contributed by atoms with E-state index in [-0.39, 0.29) is 0 Å². The summed E-state index contributed by atoms with van der Waals surface area (Å²) in [6.45, 7) is 0. The Kier molecular flexibility index (Phi) is 7.84. The number of nitrogens with one attached hydrogen (secondary N) is 1. The van der Waals surface area contributed by atoms with Gasteiger partial charge in [0.15, 0.2) is 0 Å². The second-order valence-electron chi connectivity index (χ2n) is 6.83. The Morgan fingerprint density at radius 1 is 0.531 bits per heavy atom. The number of aliphatic imine (C=N–C) groups is 1. The van der Waals surface area contributed by atoms with Crippen molar-refractivity contribution in [3.63, 3.8) is 0 Å². The smallest absolute Gasteiger partial charge is 0.212 e. The van der Waals surface area contributed by atoms with E-state index in [4.69, 9.17) is 4.99 Å². The third kappa shape index (κ3) is 6.10. The lowest BCUT2D eigenvalue weighted by atomic mass is 10.2. The average Bonchev–Trinajstić information content (AvgIpc) is 2.79. The summed E-state index contributed by atoms with van der Waals surface area (Å²) in [6.07, 6.45) is 0. The van der Waals surface area contributed by atoms with Crippen molar-refractivity contribution in [1.82, 2.24) is 0 Å².